The van der Waals surface area contributed by atoms with E-state index in [0.29, 0.717) is 8.58 Å². The van der Waals surface area contributed by atoms with E-state index in [0.717, 1.165) is 12.3 Å². The fraction of sp³-hybridized carbons (Fsp3) is 0.455. The second kappa shape index (κ2) is 9.50. The van der Waals surface area contributed by atoms with E-state index in [1.807, 2.05) is 0 Å². The molecule has 0 bridgehead atoms. The maximum atomic E-state index is 5.80. The van der Waals surface area contributed by atoms with Crippen LogP contribution in [0.3, 0.4) is 0 Å². The predicted molar refractivity (Wildman–Crippen MR) is 112 cm³/mol. The molecule has 0 saturated carbocycles. The van der Waals surface area contributed by atoms with Gasteiger partial charge >= 0.3 is 0 Å². The zero-order valence-corrected chi connectivity index (χ0v) is 17.2. The van der Waals surface area contributed by atoms with Gasteiger partial charge in [0.15, 0.2) is 6.79 Å². The summed E-state index contributed by atoms with van der Waals surface area (Å²) in [6.07, 6.45) is 4.04. The third kappa shape index (κ3) is 5.30. The number of methoxy groups -OCH3 is 1. The zero-order valence-electron chi connectivity index (χ0n) is 16.2. The minimum absolute atomic E-state index is 0.287. The van der Waals surface area contributed by atoms with Gasteiger partial charge in [0, 0.05) is 19.0 Å². The molecule has 1 atom stereocenters. The van der Waals surface area contributed by atoms with Gasteiger partial charge in [0.05, 0.1) is 0 Å². The lowest BCUT2D eigenvalue weighted by Crippen LogP contribution is -2.30. The van der Waals surface area contributed by atoms with Crippen LogP contribution >= 0.6 is 8.58 Å². The predicted octanol–water partition coefficient (Wildman–Crippen LogP) is 3.90. The first-order chi connectivity index (χ1) is 12.7. The molecule has 26 heavy (non-hydrogen) atoms. The highest BCUT2D eigenvalue weighted by Gasteiger charge is 2.14. The highest BCUT2D eigenvalue weighted by Crippen LogP contribution is 2.24. The first kappa shape index (κ1) is 19.4. The second-order valence-electron chi connectivity index (χ2n) is 7.17. The third-order valence-corrected chi connectivity index (χ3v) is 6.26. The number of likely N-dealkylation sites (tertiary alicyclic amines) is 1. The van der Waals surface area contributed by atoms with Crippen LogP contribution in [0.25, 0.3) is 0 Å². The van der Waals surface area contributed by atoms with Gasteiger partial charge in [-0.15, -0.1) is 0 Å². The van der Waals surface area contributed by atoms with Gasteiger partial charge in [0.25, 0.3) is 0 Å². The number of nitrogens with zero attached hydrogens (tertiary/aromatic N) is 1. The van der Waals surface area contributed by atoms with Crippen LogP contribution in [-0.2, 0) is 11.3 Å². The van der Waals surface area contributed by atoms with Crippen LogP contribution in [0.2, 0.25) is 0 Å². The first-order valence-electron chi connectivity index (χ1n) is 9.47. The molecule has 4 heteroatoms. The van der Waals surface area contributed by atoms with Gasteiger partial charge in [-0.1, -0.05) is 50.4 Å². The van der Waals surface area contributed by atoms with Gasteiger partial charge in [0.1, 0.15) is 5.75 Å². The standard InChI is InChI=1S/C22H30NO2P/c1-17-8-10-21(19(13-17)15-23-11-5-4-6-12-23)26-22-14-18(2)7-9-20(22)25-16-24-3/h7-10,13-14,26H,4-6,11-12,15-16H2,1-3H3. The second-order valence-corrected chi connectivity index (χ2v) is 8.50. The molecule has 1 aliphatic rings. The number of rotatable bonds is 7. The third-order valence-electron chi connectivity index (χ3n) is 4.84. The molecule has 3 nitrogen and oxygen atoms in total. The van der Waals surface area contributed by atoms with Crippen molar-refractivity contribution in [3.8, 4) is 5.75 Å². The number of ether oxygens (including phenoxy) is 2. The topological polar surface area (TPSA) is 21.7 Å². The van der Waals surface area contributed by atoms with Crippen molar-refractivity contribution in [1.29, 1.82) is 0 Å². The molecule has 0 N–H and O–H groups in total. The molecule has 0 spiro atoms. The van der Waals surface area contributed by atoms with Crippen molar-refractivity contribution in [2.24, 2.45) is 0 Å². The number of aryl methyl sites for hydroxylation is 2. The monoisotopic (exact) mass is 371 g/mol. The minimum Gasteiger partial charge on any atom is -0.467 e. The highest BCUT2D eigenvalue weighted by atomic mass is 31.1. The van der Waals surface area contributed by atoms with Crippen molar-refractivity contribution < 1.29 is 9.47 Å². The molecule has 3 rings (SSSR count). The van der Waals surface area contributed by atoms with Gasteiger partial charge in [-0.2, -0.15) is 0 Å². The van der Waals surface area contributed by atoms with Crippen LogP contribution < -0.4 is 15.3 Å². The average molecular weight is 371 g/mol. The van der Waals surface area contributed by atoms with Crippen molar-refractivity contribution >= 4 is 19.2 Å². The van der Waals surface area contributed by atoms with Crippen molar-refractivity contribution in [3.05, 3.63) is 53.1 Å². The Bertz CT molecular complexity index is 726. The molecule has 0 aromatic heterocycles. The summed E-state index contributed by atoms with van der Waals surface area (Å²) < 4.78 is 10.9. The number of piperidine rings is 1. The fourth-order valence-electron chi connectivity index (χ4n) is 3.47. The van der Waals surface area contributed by atoms with Gasteiger partial charge in [0.2, 0.25) is 0 Å². The lowest BCUT2D eigenvalue weighted by Gasteiger charge is -2.27. The minimum atomic E-state index is 0.287. The quantitative estimate of drug-likeness (QED) is 0.544. The molecule has 0 aliphatic carbocycles. The summed E-state index contributed by atoms with van der Waals surface area (Å²) in [6.45, 7) is 8.12. The molecule has 140 valence electrons. The van der Waals surface area contributed by atoms with Crippen molar-refractivity contribution in [2.75, 3.05) is 27.0 Å². The molecule has 0 radical (unpaired) electrons. The van der Waals surface area contributed by atoms with Crippen molar-refractivity contribution in [3.63, 3.8) is 0 Å². The Hall–Kier alpha value is -1.41. The van der Waals surface area contributed by atoms with E-state index < -0.39 is 0 Å². The SMILES string of the molecule is COCOc1ccc(C)cc1Pc1ccc(C)cc1CN1CCCCC1. The van der Waals surface area contributed by atoms with E-state index in [9.17, 15) is 0 Å². The summed E-state index contributed by atoms with van der Waals surface area (Å²) in [4.78, 5) is 2.60. The zero-order chi connectivity index (χ0) is 18.4. The molecular formula is C22H30NO2P. The van der Waals surface area contributed by atoms with Crippen molar-refractivity contribution in [2.45, 2.75) is 39.7 Å². The molecule has 2 aromatic carbocycles. The lowest BCUT2D eigenvalue weighted by atomic mass is 10.1. The number of benzene rings is 2. The van der Waals surface area contributed by atoms with E-state index in [4.69, 9.17) is 9.47 Å². The summed E-state index contributed by atoms with van der Waals surface area (Å²) in [7, 11) is 2.25. The van der Waals surface area contributed by atoms with Crippen LogP contribution in [0.5, 0.6) is 5.75 Å². The Morgan fingerprint density at radius 3 is 2.42 bits per heavy atom. The maximum Gasteiger partial charge on any atom is 0.188 e. The highest BCUT2D eigenvalue weighted by molar-refractivity contribution is 7.55. The molecular weight excluding hydrogens is 341 g/mol. The fourth-order valence-corrected chi connectivity index (χ4v) is 4.82. The van der Waals surface area contributed by atoms with Gasteiger partial charge in [-0.05, 0) is 62.8 Å². The van der Waals surface area contributed by atoms with E-state index in [-0.39, 0.29) is 6.79 Å². The summed E-state index contributed by atoms with van der Waals surface area (Å²) in [5, 5.41) is 2.68. The van der Waals surface area contributed by atoms with E-state index in [1.54, 1.807) is 7.11 Å². The summed E-state index contributed by atoms with van der Waals surface area (Å²) >= 11 is 0. The number of hydrogen-bond acceptors (Lipinski definition) is 3. The maximum absolute atomic E-state index is 5.80. The van der Waals surface area contributed by atoms with Crippen LogP contribution in [0.1, 0.15) is 36.0 Å². The van der Waals surface area contributed by atoms with E-state index in [1.165, 1.54) is 59.7 Å². The lowest BCUT2D eigenvalue weighted by molar-refractivity contribution is 0.0519. The summed E-state index contributed by atoms with van der Waals surface area (Å²) in [5.74, 6) is 0.931. The van der Waals surface area contributed by atoms with E-state index in [2.05, 4.69) is 55.1 Å². The summed E-state index contributed by atoms with van der Waals surface area (Å²) in [6, 6.07) is 13.3. The molecule has 1 aliphatic heterocycles. The molecule has 0 amide bonds. The first-order valence-corrected chi connectivity index (χ1v) is 10.5. The van der Waals surface area contributed by atoms with Gasteiger partial charge < -0.3 is 9.47 Å². The van der Waals surface area contributed by atoms with E-state index >= 15 is 0 Å². The normalized spacial score (nSPS) is 15.7. The Kier molecular flexibility index (Phi) is 7.07. The van der Waals surface area contributed by atoms with Crippen molar-refractivity contribution in [1.82, 2.24) is 4.90 Å². The Balaban J connectivity index is 1.84. The average Bonchev–Trinajstić information content (AvgIpc) is 2.64. The molecule has 2 aromatic rings. The Labute approximate surface area is 159 Å². The van der Waals surface area contributed by atoms with Crippen LogP contribution in [0.4, 0.5) is 0 Å². The van der Waals surface area contributed by atoms with Gasteiger partial charge in [-0.25, -0.2) is 0 Å². The largest absolute Gasteiger partial charge is 0.467 e. The van der Waals surface area contributed by atoms with Crippen LogP contribution in [0, 0.1) is 13.8 Å². The van der Waals surface area contributed by atoms with Gasteiger partial charge in [-0.3, -0.25) is 4.90 Å². The molecule has 1 saturated heterocycles. The molecule has 1 fully saturated rings. The van der Waals surface area contributed by atoms with Crippen LogP contribution in [-0.4, -0.2) is 31.9 Å². The Morgan fingerprint density at radius 1 is 0.923 bits per heavy atom. The smallest absolute Gasteiger partial charge is 0.188 e. The van der Waals surface area contributed by atoms with Crippen LogP contribution in [0.15, 0.2) is 36.4 Å². The summed E-state index contributed by atoms with van der Waals surface area (Å²) in [5.41, 5.74) is 4.07. The molecule has 1 heterocycles. The number of hydrogen-bond donors (Lipinski definition) is 0. The Morgan fingerprint density at radius 2 is 1.65 bits per heavy atom. The molecule has 1 unspecified atom stereocenters.